The Morgan fingerprint density at radius 3 is 2.20 bits per heavy atom. The number of carbonyl (C=O) groups is 3. The van der Waals surface area contributed by atoms with E-state index in [9.17, 15) is 24.7 Å². The van der Waals surface area contributed by atoms with Gasteiger partial charge < -0.3 is 15.2 Å². The van der Waals surface area contributed by atoms with Gasteiger partial charge >= 0.3 is 5.97 Å². The molecule has 1 N–H and O–H groups in total. The molecule has 156 valence electrons. The molecule has 0 bridgehead atoms. The molecule has 2 aromatic rings. The Morgan fingerprint density at radius 2 is 1.67 bits per heavy atom. The van der Waals surface area contributed by atoms with Crippen molar-refractivity contribution < 1.29 is 29.3 Å². The molecule has 0 aliphatic carbocycles. The standard InChI is InChI=1S/C20H20N4O6/c1-13(23-18(25)15-10-6-7-11-16(15)19(23)26)30-21-24(29)22(2)17(20(27)28)12-14-8-4-3-5-9-14/h3-11,13,17H,12H2,1-2H3,(H,27,28)/b24-21-/t13?,17-/m0/s1. The van der Waals surface area contributed by atoms with Crippen molar-refractivity contribution in [1.82, 2.24) is 9.91 Å². The summed E-state index contributed by atoms with van der Waals surface area (Å²) in [4.78, 5) is 42.4. The first kappa shape index (κ1) is 20.8. The van der Waals surface area contributed by atoms with E-state index in [0.29, 0.717) is 0 Å². The molecule has 30 heavy (non-hydrogen) atoms. The van der Waals surface area contributed by atoms with Crippen LogP contribution in [0.5, 0.6) is 0 Å². The molecule has 1 aliphatic rings. The molecule has 10 nitrogen and oxygen atoms in total. The van der Waals surface area contributed by atoms with Crippen molar-refractivity contribution in [3.05, 3.63) is 76.5 Å². The van der Waals surface area contributed by atoms with Crippen LogP contribution in [0.25, 0.3) is 0 Å². The summed E-state index contributed by atoms with van der Waals surface area (Å²) in [6, 6.07) is 13.9. The zero-order valence-corrected chi connectivity index (χ0v) is 16.3. The van der Waals surface area contributed by atoms with Crippen LogP contribution < -0.4 is 0 Å². The van der Waals surface area contributed by atoms with Crippen molar-refractivity contribution in [3.63, 3.8) is 0 Å². The van der Waals surface area contributed by atoms with Gasteiger partial charge in [-0.2, -0.15) is 0 Å². The Bertz CT molecular complexity index is 959. The topological polar surface area (TPSA) is 126 Å². The third-order valence-electron chi connectivity index (χ3n) is 4.74. The maximum atomic E-state index is 12.4. The number of hydrogen-bond donors (Lipinski definition) is 1. The van der Waals surface area contributed by atoms with Crippen molar-refractivity contribution in [3.8, 4) is 0 Å². The summed E-state index contributed by atoms with van der Waals surface area (Å²) in [5, 5.41) is 26.0. The summed E-state index contributed by atoms with van der Waals surface area (Å²) >= 11 is 0. The van der Waals surface area contributed by atoms with E-state index < -0.39 is 30.1 Å². The van der Waals surface area contributed by atoms with Crippen LogP contribution in [0.2, 0.25) is 0 Å². The van der Waals surface area contributed by atoms with E-state index in [1.54, 1.807) is 42.5 Å². The summed E-state index contributed by atoms with van der Waals surface area (Å²) in [5.74, 6) is -2.33. The highest BCUT2D eigenvalue weighted by atomic mass is 16.7. The van der Waals surface area contributed by atoms with Crippen LogP contribution in [0.3, 0.4) is 0 Å². The van der Waals surface area contributed by atoms with Crippen LogP contribution >= 0.6 is 0 Å². The number of carbonyl (C=O) groups excluding carboxylic acids is 2. The lowest BCUT2D eigenvalue weighted by Crippen LogP contribution is -2.44. The number of imide groups is 1. The molecule has 0 saturated carbocycles. The van der Waals surface area contributed by atoms with Gasteiger partial charge in [-0.05, 0) is 24.6 Å². The molecular formula is C20H20N4O6. The Kier molecular flexibility index (Phi) is 5.95. The fourth-order valence-corrected chi connectivity index (χ4v) is 3.09. The molecule has 10 heteroatoms. The molecule has 2 aromatic carbocycles. The van der Waals surface area contributed by atoms with Crippen molar-refractivity contribution in [2.24, 2.45) is 5.28 Å². The second-order valence-electron chi connectivity index (χ2n) is 6.68. The van der Waals surface area contributed by atoms with E-state index in [4.69, 9.17) is 4.84 Å². The van der Waals surface area contributed by atoms with Crippen LogP contribution in [0.4, 0.5) is 0 Å². The quantitative estimate of drug-likeness (QED) is 0.304. The van der Waals surface area contributed by atoms with Gasteiger partial charge in [0.25, 0.3) is 11.8 Å². The summed E-state index contributed by atoms with van der Waals surface area (Å²) in [7, 11) is 1.26. The monoisotopic (exact) mass is 412 g/mol. The minimum Gasteiger partial charge on any atom is -0.569 e. The van der Waals surface area contributed by atoms with E-state index in [2.05, 4.69) is 5.28 Å². The van der Waals surface area contributed by atoms with Gasteiger partial charge in [0.2, 0.25) is 11.5 Å². The predicted molar refractivity (Wildman–Crippen MR) is 103 cm³/mol. The molecule has 1 heterocycles. The van der Waals surface area contributed by atoms with Crippen molar-refractivity contribution >= 4 is 17.8 Å². The lowest BCUT2D eigenvalue weighted by Gasteiger charge is -2.22. The Morgan fingerprint density at radius 1 is 1.13 bits per heavy atom. The highest BCUT2D eigenvalue weighted by Crippen LogP contribution is 2.24. The molecule has 1 aliphatic heterocycles. The molecule has 0 radical (unpaired) electrons. The minimum absolute atomic E-state index is 0.0175. The highest BCUT2D eigenvalue weighted by molar-refractivity contribution is 6.21. The number of hydrazine groups is 1. The van der Waals surface area contributed by atoms with Crippen molar-refractivity contribution in [2.45, 2.75) is 25.6 Å². The summed E-state index contributed by atoms with van der Waals surface area (Å²) < 4.78 is 0. The van der Waals surface area contributed by atoms with Gasteiger partial charge in [0, 0.05) is 6.42 Å². The normalized spacial score (nSPS) is 15.5. The predicted octanol–water partition coefficient (Wildman–Crippen LogP) is 2.07. The maximum absolute atomic E-state index is 12.4. The van der Waals surface area contributed by atoms with Crippen LogP contribution in [0.1, 0.15) is 33.2 Å². The lowest BCUT2D eigenvalue weighted by atomic mass is 10.1. The number of likely N-dealkylation sites (N-methyl/N-ethyl adjacent to an activating group) is 1. The molecule has 0 spiro atoms. The van der Waals surface area contributed by atoms with E-state index in [1.807, 2.05) is 0 Å². The molecule has 2 amide bonds. The van der Waals surface area contributed by atoms with Gasteiger partial charge in [-0.3, -0.25) is 9.59 Å². The number of hydrogen-bond acceptors (Lipinski definition) is 6. The number of carboxylic acid groups (broad SMARTS) is 1. The molecule has 0 fully saturated rings. The minimum atomic E-state index is -1.22. The number of nitrogens with zero attached hydrogens (tertiary/aromatic N) is 4. The number of carboxylic acids is 1. The maximum Gasteiger partial charge on any atom is 0.332 e. The second kappa shape index (κ2) is 8.60. The first-order chi connectivity index (χ1) is 14.3. The van der Waals surface area contributed by atoms with Gasteiger partial charge in [0.05, 0.1) is 23.1 Å². The number of benzene rings is 2. The molecule has 3 rings (SSSR count). The van der Waals surface area contributed by atoms with E-state index in [1.165, 1.54) is 26.1 Å². The number of fused-ring (bicyclic) bond motifs is 1. The Hall–Kier alpha value is -3.95. The zero-order chi connectivity index (χ0) is 21.8. The first-order valence-electron chi connectivity index (χ1n) is 9.11. The number of aliphatic carboxylic acids is 1. The molecule has 1 unspecified atom stereocenters. The molecule has 0 saturated heterocycles. The summed E-state index contributed by atoms with van der Waals surface area (Å²) in [6.07, 6.45) is -1.10. The third-order valence-corrected chi connectivity index (χ3v) is 4.74. The van der Waals surface area contributed by atoms with Crippen LogP contribution in [0, 0.1) is 5.21 Å². The Balaban J connectivity index is 1.69. The zero-order valence-electron chi connectivity index (χ0n) is 16.3. The van der Waals surface area contributed by atoms with Gasteiger partial charge in [0.15, 0.2) is 6.04 Å². The Labute approximate surface area is 172 Å². The lowest BCUT2D eigenvalue weighted by molar-refractivity contribution is -0.711. The fraction of sp³-hybridized carbons (Fsp3) is 0.250. The SMILES string of the molecule is CC(O/N=[N+](\[O-])N(C)[C@@H](Cc1ccccc1)C(=O)O)N1C(=O)c2ccccc2C1=O. The third kappa shape index (κ3) is 4.07. The van der Waals surface area contributed by atoms with Crippen LogP contribution in [-0.2, 0) is 16.1 Å². The van der Waals surface area contributed by atoms with Crippen molar-refractivity contribution in [2.75, 3.05) is 7.05 Å². The number of rotatable bonds is 8. The largest absolute Gasteiger partial charge is 0.569 e. The van der Waals surface area contributed by atoms with Gasteiger partial charge in [-0.1, -0.05) is 42.5 Å². The molecule has 0 aromatic heterocycles. The fourth-order valence-electron chi connectivity index (χ4n) is 3.09. The van der Waals surface area contributed by atoms with Gasteiger partial charge in [-0.15, -0.1) is 5.01 Å². The smallest absolute Gasteiger partial charge is 0.332 e. The van der Waals surface area contributed by atoms with Crippen molar-refractivity contribution in [1.29, 1.82) is 0 Å². The van der Waals surface area contributed by atoms with Crippen LogP contribution in [0.15, 0.2) is 59.9 Å². The van der Waals surface area contributed by atoms with Crippen LogP contribution in [-0.4, -0.2) is 57.1 Å². The van der Waals surface area contributed by atoms with Gasteiger partial charge in [0.1, 0.15) is 0 Å². The summed E-state index contributed by atoms with van der Waals surface area (Å²) in [5.41, 5.74) is 1.20. The first-order valence-corrected chi connectivity index (χ1v) is 9.11. The molecular weight excluding hydrogens is 392 g/mol. The second-order valence-corrected chi connectivity index (χ2v) is 6.68. The van der Waals surface area contributed by atoms with Gasteiger partial charge in [-0.25, -0.2) is 9.69 Å². The molecule has 2 atom stereocenters. The van der Waals surface area contributed by atoms with E-state index in [0.717, 1.165) is 15.5 Å². The average Bonchev–Trinajstić information content (AvgIpc) is 3.00. The summed E-state index contributed by atoms with van der Waals surface area (Å²) in [6.45, 7) is 1.39. The average molecular weight is 412 g/mol. The van der Waals surface area contributed by atoms with E-state index in [-0.39, 0.29) is 22.5 Å². The highest BCUT2D eigenvalue weighted by Gasteiger charge is 2.40. The number of amides is 2. The van der Waals surface area contributed by atoms with E-state index >= 15 is 0 Å².